The van der Waals surface area contributed by atoms with Gasteiger partial charge in [0.05, 0.1) is 18.0 Å². The summed E-state index contributed by atoms with van der Waals surface area (Å²) in [6.07, 6.45) is 2.00. The molecule has 2 aromatic heterocycles. The van der Waals surface area contributed by atoms with Crippen LogP contribution in [0.2, 0.25) is 0 Å². The molecular formula is C25H27N7O3. The number of nitrogens with one attached hydrogen (secondary N) is 1. The van der Waals surface area contributed by atoms with Gasteiger partial charge in [-0.05, 0) is 42.8 Å². The van der Waals surface area contributed by atoms with Crippen molar-refractivity contribution in [2.45, 2.75) is 12.5 Å². The van der Waals surface area contributed by atoms with Gasteiger partial charge >= 0.3 is 0 Å². The number of hydrogen-bond acceptors (Lipinski definition) is 8. The standard InChI is InChI=1S/C25H27N7O3/c26-24-22-23(17-7-9-20(10-8-17)35-19-5-2-1-3-6-19)30-32(25(22)29-16-28-24)18-13-31(14-18)15-21(34)27-11-4-12-33/h1-3,5-10,16,18,33H,4,11-15H2,(H,27,34)(H2,26,28,29). The van der Waals surface area contributed by atoms with E-state index in [0.717, 1.165) is 17.1 Å². The second-order valence-corrected chi connectivity index (χ2v) is 8.47. The highest BCUT2D eigenvalue weighted by atomic mass is 16.5. The lowest BCUT2D eigenvalue weighted by Crippen LogP contribution is -2.51. The zero-order valence-corrected chi connectivity index (χ0v) is 19.2. The number of likely N-dealkylation sites (tertiary alicyclic amines) is 1. The number of nitrogens with two attached hydrogens (primary N) is 1. The van der Waals surface area contributed by atoms with Crippen molar-refractivity contribution in [1.29, 1.82) is 0 Å². The average Bonchev–Trinajstić information content (AvgIpc) is 3.23. The predicted molar refractivity (Wildman–Crippen MR) is 132 cm³/mol. The molecule has 0 radical (unpaired) electrons. The highest BCUT2D eigenvalue weighted by Gasteiger charge is 2.32. The Labute approximate surface area is 202 Å². The number of aliphatic hydroxyl groups excluding tert-OH is 1. The number of para-hydroxylation sites is 1. The normalized spacial score (nSPS) is 14.1. The Morgan fingerprint density at radius 2 is 1.83 bits per heavy atom. The number of aliphatic hydroxyl groups is 1. The molecule has 1 aliphatic heterocycles. The van der Waals surface area contributed by atoms with Gasteiger partial charge in [0.15, 0.2) is 5.65 Å². The van der Waals surface area contributed by atoms with Gasteiger partial charge in [-0.15, -0.1) is 0 Å². The van der Waals surface area contributed by atoms with Gasteiger partial charge in [0.25, 0.3) is 0 Å². The Kier molecular flexibility index (Phi) is 6.55. The van der Waals surface area contributed by atoms with Gasteiger partial charge in [-0.2, -0.15) is 5.10 Å². The zero-order valence-electron chi connectivity index (χ0n) is 19.2. The van der Waals surface area contributed by atoms with Crippen molar-refractivity contribution >= 4 is 22.8 Å². The lowest BCUT2D eigenvalue weighted by atomic mass is 10.1. The minimum Gasteiger partial charge on any atom is -0.457 e. The number of aromatic nitrogens is 4. The van der Waals surface area contributed by atoms with Crippen LogP contribution < -0.4 is 15.8 Å². The van der Waals surface area contributed by atoms with Crippen molar-refractivity contribution in [3.63, 3.8) is 0 Å². The number of fused-ring (bicyclic) bond motifs is 1. The second-order valence-electron chi connectivity index (χ2n) is 8.47. The van der Waals surface area contributed by atoms with Crippen LogP contribution in [0.5, 0.6) is 11.5 Å². The van der Waals surface area contributed by atoms with Gasteiger partial charge in [-0.1, -0.05) is 18.2 Å². The molecule has 10 heteroatoms. The average molecular weight is 474 g/mol. The lowest BCUT2D eigenvalue weighted by molar-refractivity contribution is -0.123. The molecular weight excluding hydrogens is 446 g/mol. The summed E-state index contributed by atoms with van der Waals surface area (Å²) >= 11 is 0. The quantitative estimate of drug-likeness (QED) is 0.315. The first-order chi connectivity index (χ1) is 17.1. The number of carbonyl (C=O) groups is 1. The largest absolute Gasteiger partial charge is 0.457 e. The number of hydrogen-bond donors (Lipinski definition) is 3. The summed E-state index contributed by atoms with van der Waals surface area (Å²) in [5.74, 6) is 1.82. The first-order valence-electron chi connectivity index (χ1n) is 11.5. The van der Waals surface area contributed by atoms with Crippen LogP contribution in [0.1, 0.15) is 12.5 Å². The van der Waals surface area contributed by atoms with Crippen molar-refractivity contribution in [2.75, 3.05) is 38.5 Å². The Balaban J connectivity index is 1.33. The summed E-state index contributed by atoms with van der Waals surface area (Å²) in [6, 6.07) is 17.4. The Morgan fingerprint density at radius 1 is 1.09 bits per heavy atom. The van der Waals surface area contributed by atoms with Gasteiger partial charge in [-0.25, -0.2) is 14.6 Å². The lowest BCUT2D eigenvalue weighted by Gasteiger charge is -2.38. The molecule has 0 saturated carbocycles. The number of carbonyl (C=O) groups excluding carboxylic acids is 1. The number of ether oxygens (including phenoxy) is 1. The number of amides is 1. The minimum atomic E-state index is -0.0488. The van der Waals surface area contributed by atoms with Gasteiger partial charge < -0.3 is 20.9 Å². The van der Waals surface area contributed by atoms with E-state index in [9.17, 15) is 4.79 Å². The van der Waals surface area contributed by atoms with Crippen molar-refractivity contribution in [1.82, 2.24) is 30.0 Å². The van der Waals surface area contributed by atoms with Crippen LogP contribution in [0.4, 0.5) is 5.82 Å². The summed E-state index contributed by atoms with van der Waals surface area (Å²) in [4.78, 5) is 22.7. The molecule has 180 valence electrons. The summed E-state index contributed by atoms with van der Waals surface area (Å²) < 4.78 is 7.79. The van der Waals surface area contributed by atoms with Crippen LogP contribution in [-0.2, 0) is 4.79 Å². The Bertz CT molecular complexity index is 1300. The highest BCUT2D eigenvalue weighted by Crippen LogP contribution is 2.34. The summed E-state index contributed by atoms with van der Waals surface area (Å²) in [6.45, 7) is 2.21. The van der Waals surface area contributed by atoms with Crippen LogP contribution in [-0.4, -0.2) is 68.4 Å². The Hall–Kier alpha value is -4.02. The van der Waals surface area contributed by atoms with Gasteiger partial charge in [0, 0.05) is 31.8 Å². The number of benzene rings is 2. The molecule has 0 atom stereocenters. The molecule has 3 heterocycles. The molecule has 0 spiro atoms. The van der Waals surface area contributed by atoms with E-state index in [-0.39, 0.29) is 18.6 Å². The first kappa shape index (κ1) is 22.8. The molecule has 4 N–H and O–H groups in total. The molecule has 5 rings (SSSR count). The molecule has 0 unspecified atom stereocenters. The summed E-state index contributed by atoms with van der Waals surface area (Å²) in [5.41, 5.74) is 8.51. The molecule has 2 aromatic carbocycles. The van der Waals surface area contributed by atoms with E-state index in [2.05, 4.69) is 15.3 Å². The molecule has 0 bridgehead atoms. The molecule has 10 nitrogen and oxygen atoms in total. The molecule has 0 aliphatic carbocycles. The van der Waals surface area contributed by atoms with Crippen molar-refractivity contribution in [3.05, 3.63) is 60.9 Å². The third-order valence-electron chi connectivity index (χ3n) is 5.93. The highest BCUT2D eigenvalue weighted by molar-refractivity contribution is 5.98. The van der Waals surface area contributed by atoms with E-state index in [1.807, 2.05) is 64.2 Å². The maximum Gasteiger partial charge on any atom is 0.234 e. The van der Waals surface area contributed by atoms with E-state index in [0.29, 0.717) is 55.1 Å². The van der Waals surface area contributed by atoms with Gasteiger partial charge in [0.2, 0.25) is 5.91 Å². The van der Waals surface area contributed by atoms with E-state index in [1.165, 1.54) is 6.33 Å². The fraction of sp³-hybridized carbons (Fsp3) is 0.280. The molecule has 4 aromatic rings. The fourth-order valence-electron chi connectivity index (χ4n) is 4.15. The van der Waals surface area contributed by atoms with Crippen molar-refractivity contribution in [2.24, 2.45) is 0 Å². The second kappa shape index (κ2) is 10.1. The number of nitrogen functional groups attached to an aromatic ring is 1. The summed E-state index contributed by atoms with van der Waals surface area (Å²) in [5, 5.41) is 17.2. The maximum atomic E-state index is 12.0. The van der Waals surface area contributed by atoms with Crippen LogP contribution in [0.15, 0.2) is 60.9 Å². The smallest absolute Gasteiger partial charge is 0.234 e. The molecule has 35 heavy (non-hydrogen) atoms. The van der Waals surface area contributed by atoms with Crippen LogP contribution in [0, 0.1) is 0 Å². The molecule has 1 saturated heterocycles. The number of nitrogens with zero attached hydrogens (tertiary/aromatic N) is 5. The topological polar surface area (TPSA) is 131 Å². The maximum absolute atomic E-state index is 12.0. The van der Waals surface area contributed by atoms with Crippen molar-refractivity contribution < 1.29 is 14.6 Å². The minimum absolute atomic E-state index is 0.0488. The third kappa shape index (κ3) is 4.93. The van der Waals surface area contributed by atoms with Crippen LogP contribution in [0.25, 0.3) is 22.3 Å². The van der Waals surface area contributed by atoms with Crippen LogP contribution in [0.3, 0.4) is 0 Å². The molecule has 1 amide bonds. The van der Waals surface area contributed by atoms with E-state index in [1.54, 1.807) is 0 Å². The van der Waals surface area contributed by atoms with E-state index < -0.39 is 0 Å². The first-order valence-corrected chi connectivity index (χ1v) is 11.5. The van der Waals surface area contributed by atoms with Crippen molar-refractivity contribution in [3.8, 4) is 22.8 Å². The van der Waals surface area contributed by atoms with Gasteiger partial charge in [-0.3, -0.25) is 9.69 Å². The predicted octanol–water partition coefficient (Wildman–Crippen LogP) is 2.22. The summed E-state index contributed by atoms with van der Waals surface area (Å²) in [7, 11) is 0. The molecule has 1 fully saturated rings. The van der Waals surface area contributed by atoms with Gasteiger partial charge in [0.1, 0.15) is 29.3 Å². The fourth-order valence-corrected chi connectivity index (χ4v) is 4.15. The Morgan fingerprint density at radius 3 is 2.57 bits per heavy atom. The number of anilines is 1. The SMILES string of the molecule is Nc1ncnc2c1c(-c1ccc(Oc3ccccc3)cc1)nn2C1CN(CC(=O)NCCCO)C1. The number of rotatable bonds is 9. The molecule has 1 aliphatic rings. The monoisotopic (exact) mass is 473 g/mol. The third-order valence-corrected chi connectivity index (χ3v) is 5.93. The van der Waals surface area contributed by atoms with Crippen LogP contribution >= 0.6 is 0 Å². The van der Waals surface area contributed by atoms with E-state index in [4.69, 9.17) is 20.7 Å². The zero-order chi connectivity index (χ0) is 24.2. The van der Waals surface area contributed by atoms with E-state index >= 15 is 0 Å².